The number of nitrogens with one attached hydrogen (secondary N) is 1. The van der Waals surface area contributed by atoms with Crippen LogP contribution in [0.25, 0.3) is 0 Å². The Bertz CT molecular complexity index is 491. The molecule has 1 aromatic carbocycles. The Morgan fingerprint density at radius 2 is 2.15 bits per heavy atom. The number of aliphatic carboxylic acids is 1. The number of nitro groups is 1. The van der Waals surface area contributed by atoms with Gasteiger partial charge in [0.15, 0.2) is 5.75 Å². The van der Waals surface area contributed by atoms with E-state index in [4.69, 9.17) is 9.84 Å². The number of nitrogens with zero attached hydrogens (tertiary/aromatic N) is 1. The van der Waals surface area contributed by atoms with Crippen molar-refractivity contribution >= 4 is 11.7 Å². The number of para-hydroxylation sites is 2. The van der Waals surface area contributed by atoms with Crippen molar-refractivity contribution in [2.24, 2.45) is 0 Å². The van der Waals surface area contributed by atoms with Crippen molar-refractivity contribution < 1.29 is 19.6 Å². The molecular weight excluding hydrogens is 264 g/mol. The molecule has 0 aliphatic heterocycles. The molecule has 110 valence electrons. The minimum absolute atomic E-state index is 0.0953. The molecule has 0 spiro atoms. The van der Waals surface area contributed by atoms with E-state index in [1.807, 2.05) is 0 Å². The molecule has 0 aliphatic carbocycles. The van der Waals surface area contributed by atoms with Gasteiger partial charge in [0.2, 0.25) is 0 Å². The monoisotopic (exact) mass is 282 g/mol. The molecule has 0 bridgehead atoms. The van der Waals surface area contributed by atoms with Gasteiger partial charge in [-0.15, -0.1) is 0 Å². The lowest BCUT2D eigenvalue weighted by Crippen LogP contribution is -2.47. The molecule has 20 heavy (non-hydrogen) atoms. The number of likely N-dealkylation sites (N-methyl/N-ethyl adjacent to an activating group) is 1. The van der Waals surface area contributed by atoms with E-state index in [-0.39, 0.29) is 18.0 Å². The Balaban J connectivity index is 2.54. The van der Waals surface area contributed by atoms with Crippen LogP contribution < -0.4 is 10.1 Å². The lowest BCUT2D eigenvalue weighted by Gasteiger charge is -2.23. The first-order valence-electron chi connectivity index (χ1n) is 6.19. The molecule has 7 nitrogen and oxygen atoms in total. The molecule has 1 unspecified atom stereocenters. The molecular formula is C13H18N2O5. The summed E-state index contributed by atoms with van der Waals surface area (Å²) in [6.07, 6.45) is 0.829. The van der Waals surface area contributed by atoms with E-state index in [9.17, 15) is 14.9 Å². The second-order valence-electron chi connectivity index (χ2n) is 4.56. The summed E-state index contributed by atoms with van der Waals surface area (Å²) in [7, 11) is 1.58. The van der Waals surface area contributed by atoms with E-state index in [1.54, 1.807) is 26.1 Å². The molecule has 0 saturated carbocycles. The third kappa shape index (κ3) is 3.92. The summed E-state index contributed by atoms with van der Waals surface area (Å²) in [4.78, 5) is 21.3. The van der Waals surface area contributed by atoms with Crippen LogP contribution in [-0.2, 0) is 4.79 Å². The average Bonchev–Trinajstić information content (AvgIpc) is 2.43. The van der Waals surface area contributed by atoms with Crippen molar-refractivity contribution in [3.05, 3.63) is 34.4 Å². The zero-order valence-electron chi connectivity index (χ0n) is 11.5. The van der Waals surface area contributed by atoms with Crippen molar-refractivity contribution in [3.63, 3.8) is 0 Å². The molecule has 0 amide bonds. The Morgan fingerprint density at radius 3 is 2.70 bits per heavy atom. The Labute approximate surface area is 116 Å². The highest BCUT2D eigenvalue weighted by Crippen LogP contribution is 2.26. The van der Waals surface area contributed by atoms with Crippen LogP contribution in [0.3, 0.4) is 0 Å². The topological polar surface area (TPSA) is 102 Å². The van der Waals surface area contributed by atoms with Gasteiger partial charge < -0.3 is 15.2 Å². The summed E-state index contributed by atoms with van der Waals surface area (Å²) in [6.45, 7) is 1.80. The Hall–Kier alpha value is -2.15. The van der Waals surface area contributed by atoms with Crippen LogP contribution in [0, 0.1) is 10.1 Å². The molecule has 2 N–H and O–H groups in total. The van der Waals surface area contributed by atoms with Gasteiger partial charge >= 0.3 is 11.7 Å². The molecule has 1 aromatic rings. The van der Waals surface area contributed by atoms with Crippen molar-refractivity contribution in [2.75, 3.05) is 13.7 Å². The highest BCUT2D eigenvalue weighted by molar-refractivity contribution is 5.78. The van der Waals surface area contributed by atoms with Crippen LogP contribution in [0.4, 0.5) is 5.69 Å². The third-order valence-electron chi connectivity index (χ3n) is 3.16. The Kier molecular flexibility index (Phi) is 5.45. The summed E-state index contributed by atoms with van der Waals surface area (Å²) in [5, 5.41) is 22.6. The lowest BCUT2D eigenvalue weighted by atomic mass is 9.96. The van der Waals surface area contributed by atoms with E-state index >= 15 is 0 Å². The Morgan fingerprint density at radius 1 is 1.50 bits per heavy atom. The number of rotatable bonds is 8. The number of hydrogen-bond acceptors (Lipinski definition) is 5. The van der Waals surface area contributed by atoms with E-state index in [2.05, 4.69) is 5.32 Å². The van der Waals surface area contributed by atoms with Gasteiger partial charge in [0.25, 0.3) is 0 Å². The normalized spacial score (nSPS) is 13.5. The first kappa shape index (κ1) is 15.9. The molecule has 7 heteroatoms. The quantitative estimate of drug-likeness (QED) is 0.428. The minimum Gasteiger partial charge on any atom is -0.487 e. The summed E-state index contributed by atoms with van der Waals surface area (Å²) in [5.41, 5.74) is -1.12. The molecule has 0 saturated heterocycles. The molecule has 0 heterocycles. The first-order chi connectivity index (χ1) is 9.40. The standard InChI is InChI=1S/C13H18N2O5/c1-13(14-2,12(16)17)8-5-9-20-11-7-4-3-6-10(11)15(18)19/h3-4,6-7,14H,5,8-9H2,1-2H3,(H,16,17). The van der Waals surface area contributed by atoms with Gasteiger partial charge in [-0.05, 0) is 32.9 Å². The fourth-order valence-corrected chi connectivity index (χ4v) is 1.68. The number of benzene rings is 1. The second kappa shape index (κ2) is 6.85. The second-order valence-corrected chi connectivity index (χ2v) is 4.56. The molecule has 1 atom stereocenters. The van der Waals surface area contributed by atoms with E-state index in [0.717, 1.165) is 0 Å². The molecule has 0 radical (unpaired) electrons. The van der Waals surface area contributed by atoms with Crippen molar-refractivity contribution in [1.29, 1.82) is 0 Å². The van der Waals surface area contributed by atoms with Crippen LogP contribution in [-0.4, -0.2) is 35.2 Å². The van der Waals surface area contributed by atoms with Crippen molar-refractivity contribution in [1.82, 2.24) is 5.32 Å². The predicted molar refractivity (Wildman–Crippen MR) is 72.9 cm³/mol. The number of carboxylic acid groups (broad SMARTS) is 1. The molecule has 0 aliphatic rings. The van der Waals surface area contributed by atoms with E-state index < -0.39 is 16.4 Å². The maximum atomic E-state index is 11.1. The molecule has 0 aromatic heterocycles. The van der Waals surface area contributed by atoms with Gasteiger partial charge in [-0.1, -0.05) is 12.1 Å². The highest BCUT2D eigenvalue weighted by atomic mass is 16.6. The van der Waals surface area contributed by atoms with Crippen LogP contribution in [0.2, 0.25) is 0 Å². The largest absolute Gasteiger partial charge is 0.487 e. The van der Waals surface area contributed by atoms with E-state index in [1.165, 1.54) is 12.1 Å². The number of carboxylic acids is 1. The zero-order chi connectivity index (χ0) is 15.2. The zero-order valence-corrected chi connectivity index (χ0v) is 11.5. The number of carbonyl (C=O) groups is 1. The highest BCUT2D eigenvalue weighted by Gasteiger charge is 2.30. The third-order valence-corrected chi connectivity index (χ3v) is 3.16. The van der Waals surface area contributed by atoms with Gasteiger partial charge in [-0.3, -0.25) is 14.9 Å². The first-order valence-corrected chi connectivity index (χ1v) is 6.19. The molecule has 1 rings (SSSR count). The summed E-state index contributed by atoms with van der Waals surface area (Å²) in [6, 6.07) is 6.10. The van der Waals surface area contributed by atoms with Crippen LogP contribution in [0.15, 0.2) is 24.3 Å². The maximum absolute atomic E-state index is 11.1. The lowest BCUT2D eigenvalue weighted by molar-refractivity contribution is -0.385. The molecule has 0 fully saturated rings. The van der Waals surface area contributed by atoms with Gasteiger partial charge in [0, 0.05) is 6.07 Å². The SMILES string of the molecule is CNC(C)(CCCOc1ccccc1[N+](=O)[O-])C(=O)O. The summed E-state index contributed by atoms with van der Waals surface area (Å²) >= 11 is 0. The number of nitro benzene ring substituents is 1. The maximum Gasteiger partial charge on any atom is 0.323 e. The van der Waals surface area contributed by atoms with E-state index in [0.29, 0.717) is 12.8 Å². The van der Waals surface area contributed by atoms with Crippen molar-refractivity contribution in [2.45, 2.75) is 25.3 Å². The smallest absolute Gasteiger partial charge is 0.323 e. The minimum atomic E-state index is -1.02. The van der Waals surface area contributed by atoms with Crippen LogP contribution in [0.5, 0.6) is 5.75 Å². The summed E-state index contributed by atoms with van der Waals surface area (Å²) < 4.78 is 5.36. The van der Waals surface area contributed by atoms with Gasteiger partial charge in [0.1, 0.15) is 5.54 Å². The predicted octanol–water partition coefficient (Wildman–Crippen LogP) is 1.82. The fraction of sp³-hybridized carbons (Fsp3) is 0.462. The summed E-state index contributed by atoms with van der Waals surface area (Å²) in [5.74, 6) is -0.746. The van der Waals surface area contributed by atoms with Crippen LogP contribution >= 0.6 is 0 Å². The average molecular weight is 282 g/mol. The van der Waals surface area contributed by atoms with Crippen LogP contribution in [0.1, 0.15) is 19.8 Å². The number of hydrogen-bond donors (Lipinski definition) is 2. The van der Waals surface area contributed by atoms with Gasteiger partial charge in [-0.25, -0.2) is 0 Å². The van der Waals surface area contributed by atoms with Crippen molar-refractivity contribution in [3.8, 4) is 5.75 Å². The van der Waals surface area contributed by atoms with Gasteiger partial charge in [-0.2, -0.15) is 0 Å². The fourth-order valence-electron chi connectivity index (χ4n) is 1.68. The number of ether oxygens (including phenoxy) is 1. The van der Waals surface area contributed by atoms with Gasteiger partial charge in [0.05, 0.1) is 11.5 Å².